The van der Waals surface area contributed by atoms with Gasteiger partial charge in [0.15, 0.2) is 11.9 Å². The van der Waals surface area contributed by atoms with Crippen LogP contribution in [-0.2, 0) is 6.42 Å². The predicted octanol–water partition coefficient (Wildman–Crippen LogP) is 1.80. The minimum absolute atomic E-state index is 0.390. The Balaban J connectivity index is 2.37. The highest BCUT2D eigenvalue weighted by molar-refractivity contribution is 4.98. The second-order valence-electron chi connectivity index (χ2n) is 3.87. The summed E-state index contributed by atoms with van der Waals surface area (Å²) in [6.45, 7) is 2.13. The third-order valence-corrected chi connectivity index (χ3v) is 2.49. The van der Waals surface area contributed by atoms with Crippen molar-refractivity contribution in [3.63, 3.8) is 0 Å². The number of nitrogens with zero attached hydrogens (tertiary/aromatic N) is 1. The van der Waals surface area contributed by atoms with Crippen LogP contribution in [0.25, 0.3) is 0 Å². The Bertz CT molecular complexity index is 289. The number of hydrogen-bond acceptors (Lipinski definition) is 2. The lowest BCUT2D eigenvalue weighted by Crippen LogP contribution is -2.33. The van der Waals surface area contributed by atoms with Crippen LogP contribution in [0.15, 0.2) is 24.4 Å². The van der Waals surface area contributed by atoms with Crippen LogP contribution in [-0.4, -0.2) is 11.2 Å². The van der Waals surface area contributed by atoms with E-state index in [0.29, 0.717) is 12.1 Å². The van der Waals surface area contributed by atoms with Crippen molar-refractivity contribution < 1.29 is 9.84 Å². The van der Waals surface area contributed by atoms with Crippen LogP contribution >= 0.6 is 0 Å². The summed E-state index contributed by atoms with van der Waals surface area (Å²) in [6.07, 6.45) is 5.64. The topological polar surface area (TPSA) is 47.2 Å². The van der Waals surface area contributed by atoms with E-state index < -0.39 is 0 Å². The van der Waals surface area contributed by atoms with Crippen LogP contribution < -0.4 is 4.73 Å². The molecule has 0 aliphatic heterocycles. The van der Waals surface area contributed by atoms with Crippen molar-refractivity contribution in [1.82, 2.24) is 0 Å². The summed E-state index contributed by atoms with van der Waals surface area (Å²) in [4.78, 5) is 0. The van der Waals surface area contributed by atoms with Gasteiger partial charge in [0.2, 0.25) is 0 Å². The van der Waals surface area contributed by atoms with E-state index in [9.17, 15) is 10.3 Å². The van der Waals surface area contributed by atoms with Gasteiger partial charge in [0, 0.05) is 12.1 Å². The quantitative estimate of drug-likeness (QED) is 0.441. The molecule has 1 rings (SSSR count). The maximum atomic E-state index is 11.3. The smallest absolute Gasteiger partial charge is 0.195 e. The molecule has 1 heterocycles. The maximum Gasteiger partial charge on any atom is 0.195 e. The van der Waals surface area contributed by atoms with Crippen LogP contribution in [0.4, 0.5) is 0 Å². The first kappa shape index (κ1) is 12.0. The Morgan fingerprint density at radius 1 is 1.40 bits per heavy atom. The first-order valence-corrected chi connectivity index (χ1v) is 5.59. The van der Waals surface area contributed by atoms with E-state index in [4.69, 9.17) is 0 Å². The van der Waals surface area contributed by atoms with Gasteiger partial charge in [-0.15, -0.1) is 0 Å². The first-order chi connectivity index (χ1) is 7.24. The van der Waals surface area contributed by atoms with E-state index in [1.54, 1.807) is 12.1 Å². The van der Waals surface area contributed by atoms with Crippen LogP contribution in [0.1, 0.15) is 38.3 Å². The van der Waals surface area contributed by atoms with Gasteiger partial charge in [-0.25, -0.2) is 0 Å². The van der Waals surface area contributed by atoms with Gasteiger partial charge in [-0.3, -0.25) is 0 Å². The van der Waals surface area contributed by atoms with E-state index in [2.05, 4.69) is 6.92 Å². The van der Waals surface area contributed by atoms with Crippen molar-refractivity contribution in [2.75, 3.05) is 0 Å². The Morgan fingerprint density at radius 3 is 2.87 bits per heavy atom. The highest BCUT2D eigenvalue weighted by atomic mass is 16.5. The molecule has 0 aliphatic rings. The van der Waals surface area contributed by atoms with E-state index in [1.807, 2.05) is 6.07 Å². The zero-order valence-electron chi connectivity index (χ0n) is 9.22. The van der Waals surface area contributed by atoms with Crippen LogP contribution in [0.3, 0.4) is 0 Å². The van der Waals surface area contributed by atoms with Crippen LogP contribution in [0.2, 0.25) is 0 Å². The van der Waals surface area contributed by atoms with Crippen LogP contribution in [0.5, 0.6) is 0 Å². The van der Waals surface area contributed by atoms with Gasteiger partial charge in [-0.05, 0) is 6.42 Å². The molecule has 0 amide bonds. The highest BCUT2D eigenvalue weighted by Gasteiger charge is 2.10. The van der Waals surface area contributed by atoms with E-state index in [1.165, 1.54) is 6.20 Å². The summed E-state index contributed by atoms with van der Waals surface area (Å²) < 4.78 is 0.822. The zero-order valence-corrected chi connectivity index (χ0v) is 9.22. The van der Waals surface area contributed by atoms with Crippen LogP contribution in [0, 0.1) is 5.21 Å². The molecule has 15 heavy (non-hydrogen) atoms. The predicted molar refractivity (Wildman–Crippen MR) is 59.3 cm³/mol. The first-order valence-electron chi connectivity index (χ1n) is 5.59. The molecule has 0 fully saturated rings. The maximum absolute atomic E-state index is 11.3. The number of pyridine rings is 1. The number of aliphatic hydroxyl groups excluding tert-OH is 1. The van der Waals surface area contributed by atoms with Crippen molar-refractivity contribution in [3.05, 3.63) is 35.3 Å². The second-order valence-corrected chi connectivity index (χ2v) is 3.87. The molecule has 3 heteroatoms. The molecule has 0 bridgehead atoms. The monoisotopic (exact) mass is 209 g/mol. The average molecular weight is 209 g/mol. The molecule has 84 valence electrons. The minimum Gasteiger partial charge on any atom is -0.619 e. The van der Waals surface area contributed by atoms with Gasteiger partial charge < -0.3 is 10.3 Å². The Kier molecular flexibility index (Phi) is 5.12. The lowest BCUT2D eigenvalue weighted by Gasteiger charge is -2.09. The van der Waals surface area contributed by atoms with E-state index in [0.717, 1.165) is 30.4 Å². The lowest BCUT2D eigenvalue weighted by atomic mass is 10.1. The number of hydrogen-bond donors (Lipinski definition) is 1. The minimum atomic E-state index is -0.390. The Labute approximate surface area is 91.0 Å². The summed E-state index contributed by atoms with van der Waals surface area (Å²) in [5.74, 6) is 0. The van der Waals surface area contributed by atoms with Gasteiger partial charge in [0.25, 0.3) is 0 Å². The van der Waals surface area contributed by atoms with Crippen molar-refractivity contribution in [3.8, 4) is 0 Å². The van der Waals surface area contributed by atoms with Gasteiger partial charge >= 0.3 is 0 Å². The molecule has 0 saturated carbocycles. The molecule has 1 aromatic heterocycles. The largest absolute Gasteiger partial charge is 0.619 e. The molecule has 1 N–H and O–H groups in total. The standard InChI is InChI=1S/C12H19NO2/c1-2-3-4-8-12(14)10-11-7-5-6-9-13(11)15/h5-7,9,12,14H,2-4,8,10H2,1H3. The molecule has 0 saturated heterocycles. The van der Waals surface area contributed by atoms with E-state index in [-0.39, 0.29) is 6.10 Å². The summed E-state index contributed by atoms with van der Waals surface area (Å²) in [5.41, 5.74) is 0.640. The molecule has 0 spiro atoms. The SMILES string of the molecule is CCCCCC(O)Cc1cccc[n+]1[O-]. The average Bonchev–Trinajstić information content (AvgIpc) is 2.22. The third kappa shape index (κ3) is 4.30. The normalized spacial score (nSPS) is 12.7. The highest BCUT2D eigenvalue weighted by Crippen LogP contribution is 2.07. The summed E-state index contributed by atoms with van der Waals surface area (Å²) >= 11 is 0. The fraction of sp³-hybridized carbons (Fsp3) is 0.583. The number of aliphatic hydroxyl groups is 1. The fourth-order valence-corrected chi connectivity index (χ4v) is 1.60. The molecule has 1 aromatic rings. The van der Waals surface area contributed by atoms with Crippen molar-refractivity contribution in [2.24, 2.45) is 0 Å². The third-order valence-electron chi connectivity index (χ3n) is 2.49. The number of rotatable bonds is 6. The summed E-state index contributed by atoms with van der Waals surface area (Å²) in [7, 11) is 0. The molecule has 1 atom stereocenters. The van der Waals surface area contributed by atoms with Crippen molar-refractivity contribution >= 4 is 0 Å². The molecule has 0 aliphatic carbocycles. The molecular formula is C12H19NO2. The van der Waals surface area contributed by atoms with Crippen molar-refractivity contribution in [2.45, 2.75) is 45.1 Å². The fourth-order valence-electron chi connectivity index (χ4n) is 1.60. The molecule has 3 nitrogen and oxygen atoms in total. The van der Waals surface area contributed by atoms with Gasteiger partial charge in [-0.1, -0.05) is 32.3 Å². The number of unbranched alkanes of at least 4 members (excludes halogenated alkanes) is 2. The summed E-state index contributed by atoms with van der Waals surface area (Å²) in [6, 6.07) is 5.28. The summed E-state index contributed by atoms with van der Waals surface area (Å²) in [5, 5.41) is 21.0. The van der Waals surface area contributed by atoms with Gasteiger partial charge in [-0.2, -0.15) is 4.73 Å². The van der Waals surface area contributed by atoms with Crippen molar-refractivity contribution in [1.29, 1.82) is 0 Å². The molecule has 0 aromatic carbocycles. The van der Waals surface area contributed by atoms with Gasteiger partial charge in [0.05, 0.1) is 12.5 Å². The van der Waals surface area contributed by atoms with E-state index >= 15 is 0 Å². The Morgan fingerprint density at radius 2 is 2.20 bits per heavy atom. The second kappa shape index (κ2) is 6.40. The molecular weight excluding hydrogens is 190 g/mol. The molecule has 0 radical (unpaired) electrons. The zero-order chi connectivity index (χ0) is 11.1. The molecule has 1 unspecified atom stereocenters. The van der Waals surface area contributed by atoms with Gasteiger partial charge in [0.1, 0.15) is 0 Å². The lowest BCUT2D eigenvalue weighted by molar-refractivity contribution is -0.614. The number of aromatic nitrogens is 1. The Hall–Kier alpha value is -1.09.